The second-order valence-corrected chi connectivity index (χ2v) is 5.35. The topological polar surface area (TPSA) is 79.2 Å². The third kappa shape index (κ3) is 4.89. The summed E-state index contributed by atoms with van der Waals surface area (Å²) >= 11 is 0. The largest absolute Gasteiger partial charge is 0.393 e. The highest BCUT2D eigenvalue weighted by atomic mass is 16.3. The average Bonchev–Trinajstić information content (AvgIpc) is 2.92. The monoisotopic (exact) mass is 302 g/mol. The highest BCUT2D eigenvalue weighted by molar-refractivity contribution is 5.73. The molecule has 2 aromatic rings. The number of benzene rings is 1. The van der Waals surface area contributed by atoms with Crippen molar-refractivity contribution in [1.29, 1.82) is 0 Å². The van der Waals surface area contributed by atoms with Gasteiger partial charge in [0.05, 0.1) is 12.3 Å². The quantitative estimate of drug-likeness (QED) is 0.759. The number of aromatic nitrogens is 2. The molecule has 1 aromatic carbocycles. The molecule has 0 radical (unpaired) electrons. The molecule has 0 saturated carbocycles. The molecule has 118 valence electrons. The summed E-state index contributed by atoms with van der Waals surface area (Å²) in [7, 11) is 1.88. The number of aliphatic hydroxyl groups excluding tert-OH is 1. The van der Waals surface area contributed by atoms with Crippen LogP contribution in [0.25, 0.3) is 11.1 Å². The second kappa shape index (κ2) is 7.61. The Bertz CT molecular complexity index is 622. The number of carbonyl (C=O) groups excluding carboxylic acids is 1. The van der Waals surface area contributed by atoms with Crippen LogP contribution >= 0.6 is 0 Å². The van der Waals surface area contributed by atoms with Crippen molar-refractivity contribution >= 4 is 6.03 Å². The minimum Gasteiger partial charge on any atom is -0.393 e. The molecule has 1 unspecified atom stereocenters. The smallest absolute Gasteiger partial charge is 0.315 e. The van der Waals surface area contributed by atoms with Crippen molar-refractivity contribution in [3.8, 4) is 11.1 Å². The Morgan fingerprint density at radius 3 is 2.86 bits per heavy atom. The van der Waals surface area contributed by atoms with E-state index in [1.54, 1.807) is 11.6 Å². The number of hydrogen-bond donors (Lipinski definition) is 3. The molecule has 0 spiro atoms. The lowest BCUT2D eigenvalue weighted by atomic mass is 10.1. The summed E-state index contributed by atoms with van der Waals surface area (Å²) in [4.78, 5) is 11.6. The van der Waals surface area contributed by atoms with E-state index < -0.39 is 6.10 Å². The zero-order valence-corrected chi connectivity index (χ0v) is 12.9. The van der Waals surface area contributed by atoms with Gasteiger partial charge in [0.25, 0.3) is 0 Å². The molecule has 0 aliphatic carbocycles. The standard InChI is InChI=1S/C16H22N4O2/c1-12(21)6-7-17-16(22)18-9-13-4-3-5-14(8-13)15-10-19-20(2)11-15/h3-5,8,10-12,21H,6-7,9H2,1-2H3,(H2,17,18,22). The molecule has 2 rings (SSSR count). The first-order valence-electron chi connectivity index (χ1n) is 7.32. The molecule has 3 N–H and O–H groups in total. The van der Waals surface area contributed by atoms with Gasteiger partial charge in [-0.3, -0.25) is 4.68 Å². The number of urea groups is 1. The maximum absolute atomic E-state index is 11.6. The minimum absolute atomic E-state index is 0.229. The van der Waals surface area contributed by atoms with E-state index in [1.807, 2.05) is 43.7 Å². The minimum atomic E-state index is -0.406. The summed E-state index contributed by atoms with van der Waals surface area (Å²) in [6.07, 6.45) is 3.91. The van der Waals surface area contributed by atoms with Crippen LogP contribution in [0, 0.1) is 0 Å². The fourth-order valence-electron chi connectivity index (χ4n) is 2.07. The normalized spacial score (nSPS) is 12.0. The van der Waals surface area contributed by atoms with Gasteiger partial charge in [-0.25, -0.2) is 4.79 Å². The van der Waals surface area contributed by atoms with Gasteiger partial charge in [0.1, 0.15) is 0 Å². The van der Waals surface area contributed by atoms with Gasteiger partial charge < -0.3 is 15.7 Å². The fourth-order valence-corrected chi connectivity index (χ4v) is 2.07. The van der Waals surface area contributed by atoms with E-state index in [-0.39, 0.29) is 6.03 Å². The summed E-state index contributed by atoms with van der Waals surface area (Å²) in [6.45, 7) is 2.61. The molecule has 0 bridgehead atoms. The zero-order valence-electron chi connectivity index (χ0n) is 12.9. The Hall–Kier alpha value is -2.34. The van der Waals surface area contributed by atoms with E-state index >= 15 is 0 Å². The Morgan fingerprint density at radius 2 is 2.18 bits per heavy atom. The predicted octanol–water partition coefficient (Wildman–Crippen LogP) is 1.66. The molecule has 22 heavy (non-hydrogen) atoms. The summed E-state index contributed by atoms with van der Waals surface area (Å²) in [5.74, 6) is 0. The first-order chi connectivity index (χ1) is 10.5. The van der Waals surface area contributed by atoms with Crippen molar-refractivity contribution in [2.75, 3.05) is 6.54 Å². The Labute approximate surface area is 130 Å². The van der Waals surface area contributed by atoms with Crippen LogP contribution in [0.4, 0.5) is 4.79 Å². The SMILES string of the molecule is CC(O)CCNC(=O)NCc1cccc(-c2cnn(C)c2)c1. The number of hydrogen-bond acceptors (Lipinski definition) is 3. The summed E-state index contributed by atoms with van der Waals surface area (Å²) in [5.41, 5.74) is 3.14. The molecule has 1 aromatic heterocycles. The number of carbonyl (C=O) groups is 1. The molecular formula is C16H22N4O2. The van der Waals surface area contributed by atoms with Crippen molar-refractivity contribution in [1.82, 2.24) is 20.4 Å². The lowest BCUT2D eigenvalue weighted by molar-refractivity contribution is 0.183. The Kier molecular flexibility index (Phi) is 5.55. The first kappa shape index (κ1) is 16.0. The molecule has 0 fully saturated rings. The molecular weight excluding hydrogens is 280 g/mol. The number of nitrogens with one attached hydrogen (secondary N) is 2. The molecule has 0 aliphatic rings. The lowest BCUT2D eigenvalue weighted by Gasteiger charge is -2.09. The van der Waals surface area contributed by atoms with E-state index in [0.717, 1.165) is 16.7 Å². The molecule has 1 atom stereocenters. The van der Waals surface area contributed by atoms with Crippen molar-refractivity contribution < 1.29 is 9.90 Å². The maximum atomic E-state index is 11.6. The number of amides is 2. The molecule has 2 amide bonds. The zero-order chi connectivity index (χ0) is 15.9. The average molecular weight is 302 g/mol. The van der Waals surface area contributed by atoms with Gasteiger partial charge in [-0.15, -0.1) is 0 Å². The van der Waals surface area contributed by atoms with E-state index in [9.17, 15) is 4.79 Å². The van der Waals surface area contributed by atoms with Crippen molar-refractivity contribution in [3.05, 3.63) is 42.2 Å². The van der Waals surface area contributed by atoms with Crippen molar-refractivity contribution in [3.63, 3.8) is 0 Å². The van der Waals surface area contributed by atoms with Gasteiger partial charge in [0.15, 0.2) is 0 Å². The van der Waals surface area contributed by atoms with Crippen LogP contribution in [-0.4, -0.2) is 33.6 Å². The summed E-state index contributed by atoms with van der Waals surface area (Å²) in [5, 5.41) is 18.8. The van der Waals surface area contributed by atoms with E-state index in [4.69, 9.17) is 5.11 Å². The summed E-state index contributed by atoms with van der Waals surface area (Å²) in [6, 6.07) is 7.75. The number of rotatable bonds is 6. The maximum Gasteiger partial charge on any atom is 0.315 e. The third-order valence-corrected chi connectivity index (χ3v) is 3.27. The molecule has 1 heterocycles. The van der Waals surface area contributed by atoms with Crippen LogP contribution in [0.15, 0.2) is 36.7 Å². The molecule has 6 nitrogen and oxygen atoms in total. The molecule has 6 heteroatoms. The van der Waals surface area contributed by atoms with Crippen LogP contribution in [0.2, 0.25) is 0 Å². The Morgan fingerprint density at radius 1 is 1.36 bits per heavy atom. The van der Waals surface area contributed by atoms with Crippen LogP contribution in [0.5, 0.6) is 0 Å². The van der Waals surface area contributed by atoms with Crippen LogP contribution in [0.1, 0.15) is 18.9 Å². The van der Waals surface area contributed by atoms with E-state index in [1.165, 1.54) is 0 Å². The predicted molar refractivity (Wildman–Crippen MR) is 85.2 cm³/mol. The lowest BCUT2D eigenvalue weighted by Crippen LogP contribution is -2.36. The van der Waals surface area contributed by atoms with Gasteiger partial charge in [-0.1, -0.05) is 18.2 Å². The van der Waals surface area contributed by atoms with Gasteiger partial charge in [0, 0.05) is 31.9 Å². The van der Waals surface area contributed by atoms with E-state index in [2.05, 4.69) is 15.7 Å². The number of nitrogens with zero attached hydrogens (tertiary/aromatic N) is 2. The van der Waals surface area contributed by atoms with Crippen molar-refractivity contribution in [2.24, 2.45) is 7.05 Å². The number of aryl methyl sites for hydroxylation is 1. The van der Waals surface area contributed by atoms with Crippen LogP contribution < -0.4 is 10.6 Å². The highest BCUT2D eigenvalue weighted by Crippen LogP contribution is 2.19. The van der Waals surface area contributed by atoms with Crippen molar-refractivity contribution in [2.45, 2.75) is 26.0 Å². The van der Waals surface area contributed by atoms with Crippen LogP contribution in [0.3, 0.4) is 0 Å². The third-order valence-electron chi connectivity index (χ3n) is 3.27. The number of aliphatic hydroxyl groups is 1. The van der Waals surface area contributed by atoms with Gasteiger partial charge >= 0.3 is 6.03 Å². The molecule has 0 saturated heterocycles. The Balaban J connectivity index is 1.87. The second-order valence-electron chi connectivity index (χ2n) is 5.35. The van der Waals surface area contributed by atoms with Crippen LogP contribution in [-0.2, 0) is 13.6 Å². The highest BCUT2D eigenvalue weighted by Gasteiger charge is 2.04. The molecule has 0 aliphatic heterocycles. The summed E-state index contributed by atoms with van der Waals surface area (Å²) < 4.78 is 1.76. The van der Waals surface area contributed by atoms with Gasteiger partial charge in [-0.2, -0.15) is 5.10 Å². The van der Waals surface area contributed by atoms with E-state index in [0.29, 0.717) is 19.5 Å². The van der Waals surface area contributed by atoms with Gasteiger partial charge in [0.2, 0.25) is 0 Å². The first-order valence-corrected chi connectivity index (χ1v) is 7.32. The van der Waals surface area contributed by atoms with Gasteiger partial charge in [-0.05, 0) is 30.5 Å². The fraction of sp³-hybridized carbons (Fsp3) is 0.375.